The normalized spacial score (nSPS) is 16.0. The van der Waals surface area contributed by atoms with Gasteiger partial charge in [0.1, 0.15) is 29.2 Å². The highest BCUT2D eigenvalue weighted by Crippen LogP contribution is 2.58. The van der Waals surface area contributed by atoms with Gasteiger partial charge in [-0.3, -0.25) is 14.8 Å². The van der Waals surface area contributed by atoms with E-state index in [1.807, 2.05) is 24.5 Å². The second kappa shape index (κ2) is 15.4. The fourth-order valence-corrected chi connectivity index (χ4v) is 9.78. The summed E-state index contributed by atoms with van der Waals surface area (Å²) in [7, 11) is -1.80. The summed E-state index contributed by atoms with van der Waals surface area (Å²) in [4.78, 5) is 18.9. The minimum atomic E-state index is -1.80. The molecule has 1 aliphatic rings. The van der Waals surface area contributed by atoms with Crippen molar-refractivity contribution in [3.8, 4) is 0 Å². The van der Waals surface area contributed by atoms with Gasteiger partial charge in [0.05, 0.1) is 6.16 Å². The predicted octanol–water partition coefficient (Wildman–Crippen LogP) is 2.27. The van der Waals surface area contributed by atoms with E-state index in [0.29, 0.717) is 5.92 Å². The highest BCUT2D eigenvalue weighted by Gasteiger charge is 2.45. The van der Waals surface area contributed by atoms with E-state index in [9.17, 15) is 4.79 Å². The molecular formula is C35H35ClN3O2P. The minimum Gasteiger partial charge on any atom is -1.00 e. The van der Waals surface area contributed by atoms with Gasteiger partial charge in [0.25, 0.3) is 0 Å². The number of aromatic nitrogens is 2. The van der Waals surface area contributed by atoms with Crippen LogP contribution in [0.1, 0.15) is 17.5 Å². The van der Waals surface area contributed by atoms with E-state index in [1.165, 1.54) is 27.0 Å². The number of nitrogens with one attached hydrogen (secondary N) is 1. The number of carboxylic acids is 1. The van der Waals surface area contributed by atoms with Crippen molar-refractivity contribution in [2.24, 2.45) is 5.92 Å². The zero-order valence-corrected chi connectivity index (χ0v) is 25.0. The second-order valence-corrected chi connectivity index (χ2v) is 13.8. The Morgan fingerprint density at radius 3 is 1.52 bits per heavy atom. The second-order valence-electron chi connectivity index (χ2n) is 10.3. The molecule has 6 rings (SSSR count). The van der Waals surface area contributed by atoms with Crippen molar-refractivity contribution in [1.29, 1.82) is 0 Å². The van der Waals surface area contributed by atoms with Gasteiger partial charge in [-0.1, -0.05) is 54.6 Å². The Morgan fingerprint density at radius 1 is 0.690 bits per heavy atom. The Morgan fingerprint density at radius 2 is 1.12 bits per heavy atom. The topological polar surface area (TPSA) is 75.1 Å². The molecule has 7 heteroatoms. The Kier molecular flexibility index (Phi) is 11.4. The lowest BCUT2D eigenvalue weighted by molar-refractivity contribution is -0.139. The lowest BCUT2D eigenvalue weighted by Crippen LogP contribution is -3.00. The molecule has 1 fully saturated rings. The first-order chi connectivity index (χ1) is 20.1. The molecule has 3 aromatic carbocycles. The Bertz CT molecular complexity index is 1400. The minimum absolute atomic E-state index is 0. The van der Waals surface area contributed by atoms with Crippen LogP contribution in [0.2, 0.25) is 0 Å². The molecule has 2 N–H and O–H groups in total. The molecule has 5 aromatic rings. The Labute approximate surface area is 254 Å². The van der Waals surface area contributed by atoms with Crippen LogP contribution < -0.4 is 33.6 Å². The molecule has 1 saturated heterocycles. The van der Waals surface area contributed by atoms with Crippen LogP contribution in [-0.2, 0) is 17.4 Å². The molecule has 0 radical (unpaired) electrons. The first-order valence-electron chi connectivity index (χ1n) is 13.9. The van der Waals surface area contributed by atoms with Crippen LogP contribution in [0, 0.1) is 5.92 Å². The summed E-state index contributed by atoms with van der Waals surface area (Å²) in [5.41, 5.74) is 2.55. The first kappa shape index (κ1) is 31.1. The number of rotatable bonds is 8. The van der Waals surface area contributed by atoms with Crippen molar-refractivity contribution in [1.82, 2.24) is 15.3 Å². The Balaban J connectivity index is 0.000000216. The van der Waals surface area contributed by atoms with Crippen molar-refractivity contribution in [3.63, 3.8) is 0 Å². The third-order valence-electron chi connectivity index (χ3n) is 7.55. The van der Waals surface area contributed by atoms with Gasteiger partial charge in [0.2, 0.25) is 0 Å². The molecule has 0 saturated carbocycles. The SMILES string of the molecule is O=C(O)[C@@H]1C[C@H](Cc2ccncc2)CN1.[Cl-].c1ccc([P+](Cc2ccncc2)(c2ccccc2)c2ccccc2)cc1. The van der Waals surface area contributed by atoms with Gasteiger partial charge < -0.3 is 22.8 Å². The quantitative estimate of drug-likeness (QED) is 0.269. The van der Waals surface area contributed by atoms with E-state index in [2.05, 4.69) is 118 Å². The highest BCUT2D eigenvalue weighted by atomic mass is 35.5. The zero-order valence-electron chi connectivity index (χ0n) is 23.3. The van der Waals surface area contributed by atoms with Crippen molar-refractivity contribution < 1.29 is 22.3 Å². The zero-order chi connectivity index (χ0) is 28.3. The van der Waals surface area contributed by atoms with Crippen molar-refractivity contribution in [3.05, 3.63) is 151 Å². The summed E-state index contributed by atoms with van der Waals surface area (Å²) in [6.07, 6.45) is 9.97. The van der Waals surface area contributed by atoms with Gasteiger partial charge in [-0.2, -0.15) is 0 Å². The summed E-state index contributed by atoms with van der Waals surface area (Å²) < 4.78 is 0. The standard InChI is InChI=1S/C24H21NP.C11H14N2O2.ClH/c1-4-10-22(11-5-1)26(23-12-6-2-7-13-23,24-14-8-3-9-15-24)20-21-16-18-25-19-17-21;14-11(15)10-6-9(7-13-10)5-8-1-3-12-4-2-8;/h1-19H,20H2;1-4,9-10,13H,5-7H2,(H,14,15);1H/q+1;;/p-1/t;9-,10-;/m.0./s1. The summed E-state index contributed by atoms with van der Waals surface area (Å²) >= 11 is 0. The van der Waals surface area contributed by atoms with Gasteiger partial charge in [-0.05, 0) is 97.1 Å². The molecule has 0 amide bonds. The average molecular weight is 596 g/mol. The molecule has 0 bridgehead atoms. The number of carbonyl (C=O) groups is 1. The van der Waals surface area contributed by atoms with Crippen LogP contribution in [0.4, 0.5) is 0 Å². The largest absolute Gasteiger partial charge is 1.00 e. The number of benzene rings is 3. The number of hydrogen-bond donors (Lipinski definition) is 2. The molecule has 42 heavy (non-hydrogen) atoms. The van der Waals surface area contributed by atoms with Crippen LogP contribution in [0.5, 0.6) is 0 Å². The van der Waals surface area contributed by atoms with Gasteiger partial charge in [0.15, 0.2) is 0 Å². The molecule has 214 valence electrons. The van der Waals surface area contributed by atoms with Gasteiger partial charge in [-0.25, -0.2) is 0 Å². The molecule has 1 aliphatic heterocycles. The third-order valence-corrected chi connectivity index (χ3v) is 11.9. The summed E-state index contributed by atoms with van der Waals surface area (Å²) in [6.45, 7) is 0.791. The maximum Gasteiger partial charge on any atom is 0.320 e. The monoisotopic (exact) mass is 595 g/mol. The molecular weight excluding hydrogens is 561 g/mol. The van der Waals surface area contributed by atoms with Crippen LogP contribution >= 0.6 is 7.26 Å². The summed E-state index contributed by atoms with van der Waals surface area (Å²) in [5, 5.41) is 16.1. The highest BCUT2D eigenvalue weighted by molar-refractivity contribution is 7.95. The smallest absolute Gasteiger partial charge is 0.320 e. The molecule has 2 aromatic heterocycles. The lowest BCUT2D eigenvalue weighted by atomic mass is 9.97. The van der Waals surface area contributed by atoms with Crippen LogP contribution in [0.3, 0.4) is 0 Å². The van der Waals surface area contributed by atoms with E-state index in [0.717, 1.165) is 25.5 Å². The van der Waals surface area contributed by atoms with E-state index in [1.54, 1.807) is 12.4 Å². The maximum absolute atomic E-state index is 10.7. The molecule has 2 atom stereocenters. The summed E-state index contributed by atoms with van der Waals surface area (Å²) in [5.74, 6) is -0.319. The van der Waals surface area contributed by atoms with Gasteiger partial charge >= 0.3 is 5.97 Å². The predicted molar refractivity (Wildman–Crippen MR) is 169 cm³/mol. The number of nitrogens with zero attached hydrogens (tertiary/aromatic N) is 2. The fraction of sp³-hybridized carbons (Fsp3) is 0.171. The molecule has 5 nitrogen and oxygen atoms in total. The number of carboxylic acid groups (broad SMARTS) is 1. The lowest BCUT2D eigenvalue weighted by Gasteiger charge is -2.27. The summed E-state index contributed by atoms with van der Waals surface area (Å²) in [6, 6.07) is 40.8. The number of pyridine rings is 2. The molecule has 0 spiro atoms. The van der Waals surface area contributed by atoms with Crippen LogP contribution in [-0.4, -0.2) is 33.6 Å². The van der Waals surface area contributed by atoms with Crippen LogP contribution in [0.25, 0.3) is 0 Å². The van der Waals surface area contributed by atoms with Crippen LogP contribution in [0.15, 0.2) is 140 Å². The van der Waals surface area contributed by atoms with E-state index >= 15 is 0 Å². The molecule has 0 unspecified atom stereocenters. The van der Waals surface area contributed by atoms with E-state index in [-0.39, 0.29) is 18.4 Å². The van der Waals surface area contributed by atoms with Crippen molar-refractivity contribution in [2.75, 3.05) is 6.54 Å². The van der Waals surface area contributed by atoms with Gasteiger partial charge in [0, 0.05) is 24.8 Å². The van der Waals surface area contributed by atoms with Crippen molar-refractivity contribution in [2.45, 2.75) is 25.0 Å². The maximum atomic E-state index is 10.7. The van der Waals surface area contributed by atoms with Crippen molar-refractivity contribution >= 4 is 29.1 Å². The number of aliphatic carboxylic acids is 1. The first-order valence-corrected chi connectivity index (χ1v) is 15.9. The Hall–Kier alpha value is -3.89. The van der Waals surface area contributed by atoms with E-state index < -0.39 is 13.2 Å². The fourth-order valence-electron chi connectivity index (χ4n) is 5.54. The van der Waals surface area contributed by atoms with Gasteiger partial charge in [-0.15, -0.1) is 0 Å². The van der Waals surface area contributed by atoms with E-state index in [4.69, 9.17) is 5.11 Å². The number of halogens is 1. The third kappa shape index (κ3) is 7.68. The average Bonchev–Trinajstić information content (AvgIpc) is 3.51. The molecule has 3 heterocycles. The number of hydrogen-bond acceptors (Lipinski definition) is 4. The molecule has 0 aliphatic carbocycles.